The summed E-state index contributed by atoms with van der Waals surface area (Å²) in [6.07, 6.45) is 2.49. The van der Waals surface area contributed by atoms with E-state index in [2.05, 4.69) is 18.7 Å². The van der Waals surface area contributed by atoms with Crippen molar-refractivity contribution in [2.24, 2.45) is 17.6 Å². The fraction of sp³-hybridized carbons (Fsp3) is 0.704. The predicted molar refractivity (Wildman–Crippen MR) is 138 cm³/mol. The molecule has 4 atom stereocenters. The normalized spacial score (nSPS) is 27.0. The number of ether oxygens (including phenoxy) is 1. The molecule has 1 aromatic rings. The Balaban J connectivity index is 1.49. The average molecular weight is 523 g/mol. The molecular formula is C27H40ClFN4O3. The van der Waals surface area contributed by atoms with Crippen molar-refractivity contribution in [3.8, 4) is 0 Å². The Bertz CT molecular complexity index is 942. The number of carbonyl (C=O) groups excluding carboxylic acids is 2. The standard InChI is InChI=1S/C27H40ClFN4O3/c1-17(2)12-25(30)27(35)31-8-9-33(18(3)14-31)26(34)23-16-32(20-6-10-36-11-7-20)15-22(23)21-5-4-19(28)13-24(21)29/h4-5,13,17-18,20,22-23,25H,6-12,14-16,30H2,1-3H3/t18-,22-,23+,25?/m0/s1. The van der Waals surface area contributed by atoms with Gasteiger partial charge in [-0.3, -0.25) is 14.5 Å². The molecule has 0 aliphatic carbocycles. The van der Waals surface area contributed by atoms with E-state index in [0.29, 0.717) is 74.9 Å². The molecule has 3 fully saturated rings. The third-order valence-electron chi connectivity index (χ3n) is 8.00. The van der Waals surface area contributed by atoms with E-state index < -0.39 is 6.04 Å². The lowest BCUT2D eigenvalue weighted by Crippen LogP contribution is -2.59. The fourth-order valence-corrected chi connectivity index (χ4v) is 6.25. The van der Waals surface area contributed by atoms with E-state index in [4.69, 9.17) is 22.1 Å². The van der Waals surface area contributed by atoms with Crippen LogP contribution in [0.4, 0.5) is 4.39 Å². The summed E-state index contributed by atoms with van der Waals surface area (Å²) in [6, 6.07) is 4.46. The summed E-state index contributed by atoms with van der Waals surface area (Å²) in [5.74, 6) is -0.622. The van der Waals surface area contributed by atoms with E-state index in [1.165, 1.54) is 6.07 Å². The highest BCUT2D eigenvalue weighted by molar-refractivity contribution is 6.30. The lowest BCUT2D eigenvalue weighted by molar-refractivity contribution is -0.146. The van der Waals surface area contributed by atoms with E-state index in [-0.39, 0.29) is 35.5 Å². The minimum atomic E-state index is -0.514. The number of piperazine rings is 1. The molecule has 0 saturated carbocycles. The van der Waals surface area contributed by atoms with E-state index in [0.717, 1.165) is 12.8 Å². The third kappa shape index (κ3) is 6.04. The number of carbonyl (C=O) groups is 2. The van der Waals surface area contributed by atoms with Crippen LogP contribution in [0.1, 0.15) is 51.5 Å². The smallest absolute Gasteiger partial charge is 0.239 e. The fourth-order valence-electron chi connectivity index (χ4n) is 6.09. The van der Waals surface area contributed by atoms with Crippen molar-refractivity contribution in [2.45, 2.75) is 64.1 Å². The van der Waals surface area contributed by atoms with Crippen LogP contribution in [0.3, 0.4) is 0 Å². The van der Waals surface area contributed by atoms with Gasteiger partial charge < -0.3 is 20.3 Å². The van der Waals surface area contributed by atoms with Crippen LogP contribution < -0.4 is 5.73 Å². The van der Waals surface area contributed by atoms with Gasteiger partial charge in [0, 0.05) is 69.0 Å². The van der Waals surface area contributed by atoms with Gasteiger partial charge >= 0.3 is 0 Å². The molecule has 0 bridgehead atoms. The predicted octanol–water partition coefficient (Wildman–Crippen LogP) is 3.11. The zero-order chi connectivity index (χ0) is 26.0. The first-order chi connectivity index (χ1) is 17.2. The summed E-state index contributed by atoms with van der Waals surface area (Å²) in [5.41, 5.74) is 6.70. The summed E-state index contributed by atoms with van der Waals surface area (Å²) in [5, 5.41) is 0.350. The molecule has 36 heavy (non-hydrogen) atoms. The van der Waals surface area contributed by atoms with E-state index >= 15 is 4.39 Å². The Morgan fingerprint density at radius 2 is 1.89 bits per heavy atom. The van der Waals surface area contributed by atoms with Crippen LogP contribution in [-0.2, 0) is 14.3 Å². The van der Waals surface area contributed by atoms with Crippen molar-refractivity contribution in [1.82, 2.24) is 14.7 Å². The quantitative estimate of drug-likeness (QED) is 0.621. The molecule has 1 aromatic carbocycles. The van der Waals surface area contributed by atoms with Crippen LogP contribution in [0.15, 0.2) is 18.2 Å². The maximum absolute atomic E-state index is 15.0. The zero-order valence-electron chi connectivity index (χ0n) is 21.7. The van der Waals surface area contributed by atoms with Crippen molar-refractivity contribution in [3.05, 3.63) is 34.6 Å². The van der Waals surface area contributed by atoms with Gasteiger partial charge in [-0.15, -0.1) is 0 Å². The zero-order valence-corrected chi connectivity index (χ0v) is 22.4. The lowest BCUT2D eigenvalue weighted by atomic mass is 9.87. The highest BCUT2D eigenvalue weighted by Crippen LogP contribution is 2.38. The van der Waals surface area contributed by atoms with Gasteiger partial charge in [-0.1, -0.05) is 31.5 Å². The number of benzene rings is 1. The van der Waals surface area contributed by atoms with Crippen molar-refractivity contribution < 1.29 is 18.7 Å². The Kier molecular flexibility index (Phi) is 8.92. The van der Waals surface area contributed by atoms with Gasteiger partial charge in [-0.25, -0.2) is 4.39 Å². The van der Waals surface area contributed by atoms with Gasteiger partial charge in [0.15, 0.2) is 0 Å². The second-order valence-corrected chi connectivity index (χ2v) is 11.5. The second kappa shape index (κ2) is 11.8. The Morgan fingerprint density at radius 1 is 1.17 bits per heavy atom. The molecule has 3 aliphatic rings. The van der Waals surface area contributed by atoms with Crippen molar-refractivity contribution in [3.63, 3.8) is 0 Å². The molecule has 0 radical (unpaired) electrons. The number of nitrogens with two attached hydrogens (primary N) is 1. The maximum Gasteiger partial charge on any atom is 0.239 e. The molecule has 2 amide bonds. The van der Waals surface area contributed by atoms with Crippen LogP contribution in [0.5, 0.6) is 0 Å². The van der Waals surface area contributed by atoms with Gasteiger partial charge in [-0.2, -0.15) is 0 Å². The molecule has 200 valence electrons. The topological polar surface area (TPSA) is 79.1 Å². The summed E-state index contributed by atoms with van der Waals surface area (Å²) < 4.78 is 20.6. The largest absolute Gasteiger partial charge is 0.381 e. The number of nitrogens with zero attached hydrogens (tertiary/aromatic N) is 3. The molecular weight excluding hydrogens is 483 g/mol. The van der Waals surface area contributed by atoms with Crippen LogP contribution >= 0.6 is 11.6 Å². The summed E-state index contributed by atoms with van der Waals surface area (Å²) in [4.78, 5) is 32.8. The minimum absolute atomic E-state index is 0.0370. The first-order valence-electron chi connectivity index (χ1n) is 13.3. The molecule has 7 nitrogen and oxygen atoms in total. The number of rotatable bonds is 6. The Labute approximate surface area is 219 Å². The van der Waals surface area contributed by atoms with Crippen LogP contribution in [-0.4, -0.2) is 90.6 Å². The summed E-state index contributed by atoms with van der Waals surface area (Å²) >= 11 is 6.02. The molecule has 3 heterocycles. The van der Waals surface area contributed by atoms with Gasteiger partial charge in [0.25, 0.3) is 0 Å². The van der Waals surface area contributed by atoms with Gasteiger partial charge in [0.2, 0.25) is 11.8 Å². The highest BCUT2D eigenvalue weighted by Gasteiger charge is 2.45. The number of halogens is 2. The van der Waals surface area contributed by atoms with E-state index in [1.807, 2.05) is 11.8 Å². The molecule has 2 N–H and O–H groups in total. The van der Waals surface area contributed by atoms with Crippen molar-refractivity contribution in [2.75, 3.05) is 45.9 Å². The van der Waals surface area contributed by atoms with Crippen molar-refractivity contribution >= 4 is 23.4 Å². The van der Waals surface area contributed by atoms with Crippen LogP contribution in [0.2, 0.25) is 5.02 Å². The molecule has 0 spiro atoms. The number of likely N-dealkylation sites (tertiary alicyclic amines) is 1. The Morgan fingerprint density at radius 3 is 2.53 bits per heavy atom. The highest BCUT2D eigenvalue weighted by atomic mass is 35.5. The molecule has 0 aromatic heterocycles. The molecule has 3 saturated heterocycles. The first-order valence-corrected chi connectivity index (χ1v) is 13.6. The SMILES string of the molecule is CC(C)CC(N)C(=O)N1CCN(C(=O)[C@@H]2CN(C3CCOCC3)C[C@H]2c2ccc(Cl)cc2F)[C@@H](C)C1. The lowest BCUT2D eigenvalue weighted by Gasteiger charge is -2.42. The third-order valence-corrected chi connectivity index (χ3v) is 8.23. The first kappa shape index (κ1) is 27.3. The van der Waals surface area contributed by atoms with Crippen LogP contribution in [0.25, 0.3) is 0 Å². The monoisotopic (exact) mass is 522 g/mol. The summed E-state index contributed by atoms with van der Waals surface area (Å²) in [6.45, 7) is 10.1. The minimum Gasteiger partial charge on any atom is -0.381 e. The van der Waals surface area contributed by atoms with E-state index in [9.17, 15) is 9.59 Å². The number of hydrogen-bond donors (Lipinski definition) is 1. The number of amides is 2. The van der Waals surface area contributed by atoms with Crippen LogP contribution in [0, 0.1) is 17.7 Å². The van der Waals surface area contributed by atoms with Crippen molar-refractivity contribution in [1.29, 1.82) is 0 Å². The number of hydrogen-bond acceptors (Lipinski definition) is 5. The van der Waals surface area contributed by atoms with Gasteiger partial charge in [0.05, 0.1) is 12.0 Å². The molecule has 4 rings (SSSR count). The maximum atomic E-state index is 15.0. The summed E-state index contributed by atoms with van der Waals surface area (Å²) in [7, 11) is 0. The Hall–Kier alpha value is -1.74. The van der Waals surface area contributed by atoms with Gasteiger partial charge in [0.1, 0.15) is 5.82 Å². The molecule has 3 aliphatic heterocycles. The molecule has 9 heteroatoms. The van der Waals surface area contributed by atoms with Gasteiger partial charge in [-0.05, 0) is 49.8 Å². The average Bonchev–Trinajstić information content (AvgIpc) is 3.28. The molecule has 1 unspecified atom stereocenters. The second-order valence-electron chi connectivity index (χ2n) is 11.1. The van der Waals surface area contributed by atoms with E-state index in [1.54, 1.807) is 17.0 Å².